The number of rotatable bonds is 5. The highest BCUT2D eigenvalue weighted by Crippen LogP contribution is 2.34. The van der Waals surface area contributed by atoms with Crippen molar-refractivity contribution in [3.8, 4) is 17.6 Å². The molecule has 3 rings (SSSR count). The van der Waals surface area contributed by atoms with Crippen LogP contribution in [0.25, 0.3) is 0 Å². The van der Waals surface area contributed by atoms with E-state index in [0.717, 1.165) is 16.9 Å². The molecule has 28 heavy (non-hydrogen) atoms. The van der Waals surface area contributed by atoms with Crippen LogP contribution in [0, 0.1) is 11.8 Å². The summed E-state index contributed by atoms with van der Waals surface area (Å²) in [5.74, 6) is 7.47. The average molecular weight is 385 g/mol. The first-order valence-corrected chi connectivity index (χ1v) is 12.0. The Labute approximate surface area is 170 Å². The van der Waals surface area contributed by atoms with E-state index < -0.39 is 8.32 Å². The van der Waals surface area contributed by atoms with Crippen molar-refractivity contribution in [2.24, 2.45) is 0 Å². The second kappa shape index (κ2) is 8.95. The van der Waals surface area contributed by atoms with Gasteiger partial charge in [-0.3, -0.25) is 0 Å². The van der Waals surface area contributed by atoms with E-state index in [9.17, 15) is 0 Å². The summed E-state index contributed by atoms with van der Waals surface area (Å²) >= 11 is 0. The van der Waals surface area contributed by atoms with Crippen molar-refractivity contribution in [2.45, 2.75) is 38.8 Å². The molecule has 0 spiro atoms. The summed E-state index contributed by atoms with van der Waals surface area (Å²) in [5, 5.41) is 1.33. The molecule has 0 amide bonds. The molecule has 1 nitrogen and oxygen atoms in total. The summed E-state index contributed by atoms with van der Waals surface area (Å²) in [6, 6.07) is 29.0. The lowest BCUT2D eigenvalue weighted by Gasteiger charge is -2.39. The van der Waals surface area contributed by atoms with Gasteiger partial charge in [-0.15, -0.1) is 0 Å². The molecule has 0 saturated heterocycles. The van der Waals surface area contributed by atoms with Crippen LogP contribution in [-0.2, 0) is 0 Å². The number of para-hydroxylation sites is 1. The van der Waals surface area contributed by atoms with Crippen LogP contribution in [0.15, 0.2) is 84.9 Å². The van der Waals surface area contributed by atoms with Crippen LogP contribution in [0.1, 0.15) is 38.8 Å². The Morgan fingerprint density at radius 1 is 0.607 bits per heavy atom. The van der Waals surface area contributed by atoms with Gasteiger partial charge in [0.05, 0.1) is 0 Å². The molecule has 3 aromatic rings. The van der Waals surface area contributed by atoms with E-state index in [-0.39, 0.29) is 0 Å². The van der Waals surface area contributed by atoms with Gasteiger partial charge in [0.15, 0.2) is 0 Å². The number of hydrogen-bond donors (Lipinski definition) is 0. The minimum Gasteiger partial charge on any atom is -0.538 e. The third-order valence-corrected chi connectivity index (χ3v) is 10.4. The molecule has 0 radical (unpaired) electrons. The molecular formula is C26H28OSi. The quantitative estimate of drug-likeness (QED) is 0.379. The van der Waals surface area contributed by atoms with Crippen LogP contribution in [-0.4, -0.2) is 8.32 Å². The van der Waals surface area contributed by atoms with Crippen molar-refractivity contribution in [2.75, 3.05) is 0 Å². The summed E-state index contributed by atoms with van der Waals surface area (Å²) in [7, 11) is -2.23. The normalized spacial score (nSPS) is 11.2. The van der Waals surface area contributed by atoms with Crippen LogP contribution in [0.4, 0.5) is 0 Å². The van der Waals surface area contributed by atoms with Crippen molar-refractivity contribution in [1.82, 2.24) is 0 Å². The molecule has 0 aliphatic carbocycles. The van der Waals surface area contributed by atoms with E-state index in [4.69, 9.17) is 4.43 Å². The van der Waals surface area contributed by atoms with Gasteiger partial charge in [-0.1, -0.05) is 88.1 Å². The Kier molecular flexibility index (Phi) is 6.39. The molecular weight excluding hydrogens is 356 g/mol. The second-order valence-corrected chi connectivity index (χ2v) is 12.4. The summed E-state index contributed by atoms with van der Waals surface area (Å²) < 4.78 is 6.78. The molecule has 142 valence electrons. The Hall–Kier alpha value is -2.76. The zero-order valence-electron chi connectivity index (χ0n) is 17.1. The molecule has 3 aromatic carbocycles. The first kappa shape index (κ1) is 20.0. The van der Waals surface area contributed by atoms with Crippen LogP contribution >= 0.6 is 0 Å². The smallest absolute Gasteiger partial charge is 0.287 e. The Morgan fingerprint density at radius 2 is 1.07 bits per heavy atom. The fourth-order valence-corrected chi connectivity index (χ4v) is 8.26. The van der Waals surface area contributed by atoms with Gasteiger partial charge < -0.3 is 4.43 Å². The van der Waals surface area contributed by atoms with Crippen LogP contribution in [0.3, 0.4) is 0 Å². The largest absolute Gasteiger partial charge is 0.538 e. The van der Waals surface area contributed by atoms with E-state index >= 15 is 0 Å². The van der Waals surface area contributed by atoms with E-state index in [1.807, 2.05) is 48.5 Å². The van der Waals surface area contributed by atoms with Crippen LogP contribution in [0.2, 0.25) is 11.1 Å². The molecule has 0 aliphatic rings. The van der Waals surface area contributed by atoms with Gasteiger partial charge in [-0.25, -0.2) is 0 Å². The van der Waals surface area contributed by atoms with E-state index in [2.05, 4.69) is 75.9 Å². The topological polar surface area (TPSA) is 9.23 Å². The summed E-state index contributed by atoms with van der Waals surface area (Å²) in [4.78, 5) is 0. The summed E-state index contributed by atoms with van der Waals surface area (Å²) in [5.41, 5.74) is 2.97. The lowest BCUT2D eigenvalue weighted by molar-refractivity contribution is 0.515. The van der Waals surface area contributed by atoms with Gasteiger partial charge in [0.25, 0.3) is 8.32 Å². The first-order chi connectivity index (χ1) is 13.5. The van der Waals surface area contributed by atoms with Gasteiger partial charge in [0.1, 0.15) is 5.75 Å². The van der Waals surface area contributed by atoms with E-state index in [1.54, 1.807) is 0 Å². The van der Waals surface area contributed by atoms with Crippen molar-refractivity contribution in [1.29, 1.82) is 0 Å². The van der Waals surface area contributed by atoms with Crippen molar-refractivity contribution < 1.29 is 4.43 Å². The van der Waals surface area contributed by atoms with Crippen LogP contribution < -0.4 is 9.61 Å². The van der Waals surface area contributed by atoms with E-state index in [0.29, 0.717) is 11.1 Å². The van der Waals surface area contributed by atoms with Crippen molar-refractivity contribution in [3.05, 3.63) is 96.1 Å². The highest BCUT2D eigenvalue weighted by Gasteiger charge is 2.46. The first-order valence-electron chi connectivity index (χ1n) is 9.94. The summed E-state index contributed by atoms with van der Waals surface area (Å²) in [6.45, 7) is 9.16. The fourth-order valence-electron chi connectivity index (χ4n) is 3.79. The van der Waals surface area contributed by atoms with Gasteiger partial charge in [-0.2, -0.15) is 0 Å². The maximum atomic E-state index is 6.78. The maximum absolute atomic E-state index is 6.78. The third kappa shape index (κ3) is 4.38. The summed E-state index contributed by atoms with van der Waals surface area (Å²) in [6.07, 6.45) is 0. The predicted molar refractivity (Wildman–Crippen MR) is 122 cm³/mol. The molecule has 0 atom stereocenters. The minimum atomic E-state index is -2.23. The van der Waals surface area contributed by atoms with Crippen molar-refractivity contribution >= 4 is 13.5 Å². The Morgan fingerprint density at radius 3 is 1.57 bits per heavy atom. The Bertz CT molecular complexity index is 924. The standard InChI is InChI=1S/C26H28OSi/c1-21(2)28(22(3)4,27-25-13-9-6-10-14-25)26-19-17-24(18-20-26)16-15-23-11-7-5-8-12-23/h5-14,17-22H,1-4H3. The molecule has 0 unspecified atom stereocenters. The molecule has 0 aromatic heterocycles. The zero-order chi connectivity index (χ0) is 20.0. The van der Waals surface area contributed by atoms with Gasteiger partial charge >= 0.3 is 0 Å². The Balaban J connectivity index is 1.94. The van der Waals surface area contributed by atoms with Gasteiger partial charge in [0.2, 0.25) is 0 Å². The fraction of sp³-hybridized carbons (Fsp3) is 0.231. The zero-order valence-corrected chi connectivity index (χ0v) is 18.1. The highest BCUT2D eigenvalue weighted by molar-refractivity contribution is 6.89. The maximum Gasteiger partial charge on any atom is 0.287 e. The molecule has 0 N–H and O–H groups in total. The number of benzene rings is 3. The third-order valence-electron chi connectivity index (χ3n) is 5.21. The lowest BCUT2D eigenvalue weighted by Crippen LogP contribution is -2.58. The molecule has 0 aliphatic heterocycles. The lowest BCUT2D eigenvalue weighted by atomic mass is 10.2. The predicted octanol–water partition coefficient (Wildman–Crippen LogP) is 6.14. The molecule has 2 heteroatoms. The van der Waals surface area contributed by atoms with Crippen LogP contribution in [0.5, 0.6) is 5.75 Å². The molecule has 0 heterocycles. The average Bonchev–Trinajstić information content (AvgIpc) is 2.72. The second-order valence-electron chi connectivity index (χ2n) is 7.71. The molecule has 0 bridgehead atoms. The minimum absolute atomic E-state index is 0.453. The SMILES string of the molecule is CC(C)[Si](Oc1ccccc1)(c1ccc(C#Cc2ccccc2)cc1)C(C)C. The van der Waals surface area contributed by atoms with Gasteiger partial charge in [0, 0.05) is 11.1 Å². The highest BCUT2D eigenvalue weighted by atomic mass is 28.4. The monoisotopic (exact) mass is 384 g/mol. The van der Waals surface area contributed by atoms with Crippen molar-refractivity contribution in [3.63, 3.8) is 0 Å². The molecule has 0 saturated carbocycles. The molecule has 0 fully saturated rings. The van der Waals surface area contributed by atoms with E-state index in [1.165, 1.54) is 5.19 Å². The number of hydrogen-bond acceptors (Lipinski definition) is 1. The van der Waals surface area contributed by atoms with Gasteiger partial charge in [-0.05, 0) is 52.7 Å².